The first kappa shape index (κ1) is 28.2. The maximum absolute atomic E-state index is 6.76. The van der Waals surface area contributed by atoms with Gasteiger partial charge in [0.15, 0.2) is 5.58 Å². The van der Waals surface area contributed by atoms with E-state index >= 15 is 0 Å². The third-order valence-corrected chi connectivity index (χ3v) is 10.3. The Morgan fingerprint density at radius 1 is 0.490 bits per heavy atom. The van der Waals surface area contributed by atoms with Crippen molar-refractivity contribution in [2.45, 2.75) is 12.3 Å². The highest BCUT2D eigenvalue weighted by atomic mass is 16.3. The molecule has 0 amide bonds. The van der Waals surface area contributed by atoms with Gasteiger partial charge in [-0.1, -0.05) is 121 Å². The first-order valence-corrected chi connectivity index (χ1v) is 17.3. The Balaban J connectivity index is 1.03. The number of nitrogens with one attached hydrogen (secondary N) is 2. The molecule has 51 heavy (non-hydrogen) atoms. The summed E-state index contributed by atoms with van der Waals surface area (Å²) < 4.78 is 15.7. The van der Waals surface area contributed by atoms with E-state index in [1.165, 1.54) is 10.8 Å². The number of hydrogen-bond acceptors (Lipinski definition) is 5. The number of furan rings is 2. The van der Waals surface area contributed by atoms with Gasteiger partial charge in [0.2, 0.25) is 0 Å². The van der Waals surface area contributed by atoms with Crippen LogP contribution >= 0.6 is 0 Å². The van der Waals surface area contributed by atoms with E-state index in [-0.39, 0.29) is 12.3 Å². The van der Waals surface area contributed by atoms with Crippen LogP contribution in [-0.2, 0) is 0 Å². The molecule has 0 radical (unpaired) electrons. The molecule has 0 aliphatic carbocycles. The molecule has 2 atom stereocenters. The second kappa shape index (κ2) is 10.9. The summed E-state index contributed by atoms with van der Waals surface area (Å²) in [5.74, 6) is 0.852. The second-order valence-corrected chi connectivity index (χ2v) is 13.2. The summed E-state index contributed by atoms with van der Waals surface area (Å²) in [6, 6.07) is 54.9. The van der Waals surface area contributed by atoms with Gasteiger partial charge in [-0.2, -0.15) is 0 Å². The lowest BCUT2D eigenvalue weighted by molar-refractivity contribution is 0.409. The van der Waals surface area contributed by atoms with Crippen LogP contribution in [0.5, 0.6) is 0 Å². The van der Waals surface area contributed by atoms with Gasteiger partial charge in [-0.25, -0.2) is 4.99 Å². The first-order chi connectivity index (χ1) is 25.3. The minimum atomic E-state index is -0.274. The van der Waals surface area contributed by atoms with Crippen LogP contribution in [-0.4, -0.2) is 10.4 Å². The smallest absolute Gasteiger partial charge is 0.159 e. The third-order valence-electron chi connectivity index (χ3n) is 10.3. The molecule has 6 nitrogen and oxygen atoms in total. The van der Waals surface area contributed by atoms with Crippen LogP contribution in [0.3, 0.4) is 0 Å². The molecule has 1 aliphatic heterocycles. The SMILES string of the molecule is c1ccc(C2=NC(c3ccc4c(c3)oc3cc5c(cc34)oc3c(-n4c6ccccc6c6ccccc64)cccc35)NC(c3ccccc3)N2)cc1. The van der Waals surface area contributed by atoms with Crippen molar-refractivity contribution in [2.24, 2.45) is 4.99 Å². The Labute approximate surface area is 292 Å². The Hall–Kier alpha value is -6.63. The van der Waals surface area contributed by atoms with Gasteiger partial charge in [0.25, 0.3) is 0 Å². The van der Waals surface area contributed by atoms with Gasteiger partial charge in [-0.05, 0) is 47.5 Å². The summed E-state index contributed by atoms with van der Waals surface area (Å²) in [6.07, 6.45) is -0.383. The van der Waals surface area contributed by atoms with Gasteiger partial charge in [0.1, 0.15) is 34.9 Å². The van der Waals surface area contributed by atoms with Gasteiger partial charge in [-0.15, -0.1) is 0 Å². The molecule has 4 heterocycles. The van der Waals surface area contributed by atoms with Gasteiger partial charge in [0.05, 0.1) is 16.7 Å². The quantitative estimate of drug-likeness (QED) is 0.197. The van der Waals surface area contributed by atoms with Crippen molar-refractivity contribution in [2.75, 3.05) is 0 Å². The van der Waals surface area contributed by atoms with E-state index in [9.17, 15) is 0 Å². The Kier molecular flexibility index (Phi) is 6.05. The summed E-state index contributed by atoms with van der Waals surface area (Å²) in [6.45, 7) is 0. The summed E-state index contributed by atoms with van der Waals surface area (Å²) >= 11 is 0. The number of nitrogens with zero attached hydrogens (tertiary/aromatic N) is 2. The molecule has 6 heteroatoms. The molecule has 3 aromatic heterocycles. The van der Waals surface area contributed by atoms with E-state index in [0.717, 1.165) is 83.1 Å². The topological polar surface area (TPSA) is 67.6 Å². The molecule has 0 fully saturated rings. The van der Waals surface area contributed by atoms with Crippen LogP contribution in [0.15, 0.2) is 172 Å². The zero-order valence-corrected chi connectivity index (χ0v) is 27.4. The van der Waals surface area contributed by atoms with E-state index in [2.05, 4.69) is 149 Å². The number of amidine groups is 1. The highest BCUT2D eigenvalue weighted by Crippen LogP contribution is 2.41. The van der Waals surface area contributed by atoms with Crippen LogP contribution in [0.4, 0.5) is 0 Å². The van der Waals surface area contributed by atoms with E-state index in [4.69, 9.17) is 13.8 Å². The zero-order valence-electron chi connectivity index (χ0n) is 27.4. The summed E-state index contributed by atoms with van der Waals surface area (Å²) in [5.41, 5.74) is 9.88. The normalized spacial score (nSPS) is 16.4. The molecule has 2 N–H and O–H groups in total. The minimum Gasteiger partial charge on any atom is -0.456 e. The average molecular weight is 659 g/mol. The maximum Gasteiger partial charge on any atom is 0.159 e. The molecular formula is C45H30N4O2. The fraction of sp³-hybridized carbons (Fsp3) is 0.0444. The summed E-state index contributed by atoms with van der Waals surface area (Å²) in [7, 11) is 0. The van der Waals surface area contributed by atoms with Crippen LogP contribution in [0.25, 0.3) is 71.4 Å². The van der Waals surface area contributed by atoms with Crippen LogP contribution < -0.4 is 10.6 Å². The summed E-state index contributed by atoms with van der Waals surface area (Å²) in [5, 5.41) is 13.9. The van der Waals surface area contributed by atoms with E-state index in [1.54, 1.807) is 0 Å². The number of para-hydroxylation sites is 3. The lowest BCUT2D eigenvalue weighted by atomic mass is 10.0. The van der Waals surface area contributed by atoms with Gasteiger partial charge < -0.3 is 18.7 Å². The Morgan fingerprint density at radius 3 is 1.88 bits per heavy atom. The van der Waals surface area contributed by atoms with E-state index in [1.807, 2.05) is 24.3 Å². The number of rotatable bonds is 4. The van der Waals surface area contributed by atoms with Crippen LogP contribution in [0, 0.1) is 0 Å². The van der Waals surface area contributed by atoms with Gasteiger partial charge in [-0.3, -0.25) is 5.32 Å². The number of benzene rings is 7. The largest absolute Gasteiger partial charge is 0.456 e. The van der Waals surface area contributed by atoms with Crippen molar-refractivity contribution in [3.63, 3.8) is 0 Å². The van der Waals surface area contributed by atoms with Gasteiger partial charge >= 0.3 is 0 Å². The Morgan fingerprint density at radius 2 is 1.12 bits per heavy atom. The van der Waals surface area contributed by atoms with Crippen LogP contribution in [0.1, 0.15) is 29.0 Å². The zero-order chi connectivity index (χ0) is 33.5. The molecule has 1 aliphatic rings. The Bertz CT molecular complexity index is 2940. The molecule has 0 spiro atoms. The number of aromatic nitrogens is 1. The predicted octanol–water partition coefficient (Wildman–Crippen LogP) is 10.9. The number of aliphatic imine (C=N–C) groups is 1. The average Bonchev–Trinajstić information content (AvgIpc) is 3.86. The third kappa shape index (κ3) is 4.37. The molecule has 11 rings (SSSR count). The van der Waals surface area contributed by atoms with Crippen molar-refractivity contribution in [1.82, 2.24) is 15.2 Å². The van der Waals surface area contributed by atoms with Crippen molar-refractivity contribution in [3.05, 3.63) is 174 Å². The molecule has 0 saturated carbocycles. The highest BCUT2D eigenvalue weighted by Gasteiger charge is 2.26. The van der Waals surface area contributed by atoms with Crippen molar-refractivity contribution < 1.29 is 8.83 Å². The molecule has 7 aromatic carbocycles. The predicted molar refractivity (Wildman–Crippen MR) is 207 cm³/mol. The molecular weight excluding hydrogens is 629 g/mol. The highest BCUT2D eigenvalue weighted by molar-refractivity contribution is 6.17. The van der Waals surface area contributed by atoms with Gasteiger partial charge in [0, 0.05) is 37.9 Å². The van der Waals surface area contributed by atoms with E-state index in [0.29, 0.717) is 0 Å². The standard InChI is InChI=1S/C45H30N4O2/c1-3-12-27(13-4-1)43-46-44(28-14-5-2-6-15-28)48-45(47-43)29-22-23-32-34-25-41-35(26-40(34)50-39(32)24-29)33-18-11-21-38(42(33)51-41)49-36-19-9-7-16-30(36)31-17-8-10-20-37(31)49/h1-26,43,45,47H,(H,46,48). The number of fused-ring (bicyclic) bond motifs is 9. The molecule has 0 saturated heterocycles. The molecule has 2 unspecified atom stereocenters. The second-order valence-electron chi connectivity index (χ2n) is 13.2. The van der Waals surface area contributed by atoms with Crippen molar-refractivity contribution in [3.8, 4) is 5.69 Å². The maximum atomic E-state index is 6.76. The van der Waals surface area contributed by atoms with Crippen molar-refractivity contribution >= 4 is 71.5 Å². The fourth-order valence-corrected chi connectivity index (χ4v) is 7.89. The molecule has 0 bridgehead atoms. The van der Waals surface area contributed by atoms with Crippen LogP contribution in [0.2, 0.25) is 0 Å². The summed E-state index contributed by atoms with van der Waals surface area (Å²) in [4.78, 5) is 5.13. The fourth-order valence-electron chi connectivity index (χ4n) is 7.89. The lowest BCUT2D eigenvalue weighted by Crippen LogP contribution is -2.44. The first-order valence-electron chi connectivity index (χ1n) is 17.3. The molecule has 242 valence electrons. The minimum absolute atomic E-state index is 0.108. The lowest BCUT2D eigenvalue weighted by Gasteiger charge is -2.32. The van der Waals surface area contributed by atoms with E-state index < -0.39 is 0 Å². The van der Waals surface area contributed by atoms with Crippen molar-refractivity contribution in [1.29, 1.82) is 0 Å². The molecule has 10 aromatic rings. The monoisotopic (exact) mass is 658 g/mol. The number of hydrogen-bond donors (Lipinski definition) is 2.